The van der Waals surface area contributed by atoms with E-state index < -0.39 is 5.92 Å². The van der Waals surface area contributed by atoms with Gasteiger partial charge in [-0.3, -0.25) is 19.6 Å². The number of nitrogens with one attached hydrogen (secondary N) is 1. The number of fused-ring (bicyclic) bond motifs is 1. The maximum Gasteiger partial charge on any atom is 0.235 e. The highest BCUT2D eigenvalue weighted by atomic mass is 19.1. The minimum atomic E-state index is -0.522. The van der Waals surface area contributed by atoms with Crippen molar-refractivity contribution in [1.82, 2.24) is 15.1 Å². The number of rotatable bonds is 1. The molecule has 6 heteroatoms. The molecule has 1 aliphatic heterocycles. The summed E-state index contributed by atoms with van der Waals surface area (Å²) in [7, 11) is 1.80. The lowest BCUT2D eigenvalue weighted by Gasteiger charge is -2.21. The van der Waals surface area contributed by atoms with Crippen LogP contribution < -0.4 is 5.32 Å². The summed E-state index contributed by atoms with van der Waals surface area (Å²) in [5, 5.41) is 7.47. The summed E-state index contributed by atoms with van der Waals surface area (Å²) in [6.45, 7) is 6.04. The Hall–Kier alpha value is -2.24. The first kappa shape index (κ1) is 15.6. The van der Waals surface area contributed by atoms with Crippen LogP contribution in [0.15, 0.2) is 12.1 Å². The van der Waals surface area contributed by atoms with Crippen molar-refractivity contribution in [3.63, 3.8) is 0 Å². The van der Waals surface area contributed by atoms with E-state index in [1.54, 1.807) is 11.7 Å². The largest absolute Gasteiger partial charge is 0.296 e. The number of carbonyl (C=O) groups is 2. The predicted octanol–water partition coefficient (Wildman–Crippen LogP) is 2.53. The van der Waals surface area contributed by atoms with Gasteiger partial charge < -0.3 is 0 Å². The highest BCUT2D eigenvalue weighted by molar-refractivity contribution is 6.02. The Bertz CT molecular complexity index is 817. The first-order valence-electron chi connectivity index (χ1n) is 7.69. The van der Waals surface area contributed by atoms with Crippen LogP contribution in [0.2, 0.25) is 0 Å². The molecule has 0 aliphatic carbocycles. The van der Waals surface area contributed by atoms with E-state index in [0.717, 1.165) is 11.1 Å². The molecule has 122 valence electrons. The highest BCUT2D eigenvalue weighted by Gasteiger charge is 2.33. The number of piperidine rings is 1. The Morgan fingerprint density at radius 3 is 2.61 bits per heavy atom. The average Bonchev–Trinajstić information content (AvgIpc) is 2.74. The number of imide groups is 1. The first-order chi connectivity index (χ1) is 10.7. The zero-order chi connectivity index (χ0) is 16.9. The van der Waals surface area contributed by atoms with Gasteiger partial charge in [0.25, 0.3) is 0 Å². The molecule has 1 N–H and O–H groups in total. The van der Waals surface area contributed by atoms with E-state index >= 15 is 0 Å². The van der Waals surface area contributed by atoms with Crippen molar-refractivity contribution in [1.29, 1.82) is 0 Å². The summed E-state index contributed by atoms with van der Waals surface area (Å²) in [6.07, 6.45) is 0.675. The maximum atomic E-state index is 14.2. The van der Waals surface area contributed by atoms with Gasteiger partial charge >= 0.3 is 0 Å². The van der Waals surface area contributed by atoms with Gasteiger partial charge in [-0.2, -0.15) is 5.10 Å². The van der Waals surface area contributed by atoms with E-state index in [4.69, 9.17) is 0 Å². The van der Waals surface area contributed by atoms with Crippen molar-refractivity contribution >= 4 is 22.7 Å². The number of aryl methyl sites for hydroxylation is 1. The number of nitrogens with zero attached hydrogens (tertiary/aromatic N) is 2. The van der Waals surface area contributed by atoms with Crippen LogP contribution in [0.3, 0.4) is 0 Å². The fourth-order valence-electron chi connectivity index (χ4n) is 3.19. The first-order valence-corrected chi connectivity index (χ1v) is 7.69. The van der Waals surface area contributed by atoms with Gasteiger partial charge in [0.2, 0.25) is 11.8 Å². The lowest BCUT2D eigenvalue weighted by atomic mass is 9.84. The molecule has 2 amide bonds. The summed E-state index contributed by atoms with van der Waals surface area (Å²) < 4.78 is 15.9. The third-order valence-electron chi connectivity index (χ3n) is 4.31. The highest BCUT2D eigenvalue weighted by Crippen LogP contribution is 2.36. The van der Waals surface area contributed by atoms with Gasteiger partial charge in [-0.15, -0.1) is 0 Å². The Morgan fingerprint density at radius 1 is 1.30 bits per heavy atom. The number of halogens is 1. The van der Waals surface area contributed by atoms with Gasteiger partial charge in [0, 0.05) is 18.9 Å². The second-order valence-corrected chi connectivity index (χ2v) is 7.11. The van der Waals surface area contributed by atoms with E-state index in [-0.39, 0.29) is 29.5 Å². The number of hydrogen-bond donors (Lipinski definition) is 1. The fourth-order valence-corrected chi connectivity index (χ4v) is 3.19. The molecular weight excluding hydrogens is 297 g/mol. The number of carbonyl (C=O) groups excluding carboxylic acids is 2. The van der Waals surface area contributed by atoms with Gasteiger partial charge in [0.05, 0.1) is 17.1 Å². The minimum absolute atomic E-state index is 0.254. The van der Waals surface area contributed by atoms with Crippen LogP contribution in [0.25, 0.3) is 10.9 Å². The average molecular weight is 317 g/mol. The molecule has 2 aromatic rings. The van der Waals surface area contributed by atoms with Gasteiger partial charge in [-0.25, -0.2) is 4.39 Å². The van der Waals surface area contributed by atoms with Crippen molar-refractivity contribution in [2.45, 2.75) is 44.9 Å². The molecule has 3 rings (SSSR count). The number of amides is 2. The summed E-state index contributed by atoms with van der Waals surface area (Å²) in [6, 6.07) is 2.95. The molecule has 2 heterocycles. The molecule has 5 nitrogen and oxygen atoms in total. The SMILES string of the molecule is Cn1nc([C@H]2CCC(=O)NC2=O)c2cc(F)cc(C(C)(C)C)c21. The molecule has 0 bridgehead atoms. The Morgan fingerprint density at radius 2 is 2.00 bits per heavy atom. The van der Waals surface area contributed by atoms with E-state index in [2.05, 4.69) is 10.4 Å². The topological polar surface area (TPSA) is 64.0 Å². The molecule has 0 spiro atoms. The zero-order valence-electron chi connectivity index (χ0n) is 13.7. The standard InChI is InChI=1S/C17H20FN3O2/c1-17(2,3)12-8-9(18)7-11-14(20-21(4)15(11)12)10-5-6-13(22)19-16(10)23/h7-8,10H,5-6H2,1-4H3,(H,19,22,23)/t10-/m1/s1. The van der Waals surface area contributed by atoms with Gasteiger partial charge in [0.1, 0.15) is 5.82 Å². The van der Waals surface area contributed by atoms with Gasteiger partial charge in [-0.1, -0.05) is 20.8 Å². The van der Waals surface area contributed by atoms with Gasteiger partial charge in [0.15, 0.2) is 0 Å². The Kier molecular flexibility index (Phi) is 3.50. The second-order valence-electron chi connectivity index (χ2n) is 7.11. The van der Waals surface area contributed by atoms with Crippen LogP contribution in [-0.4, -0.2) is 21.6 Å². The number of hydrogen-bond acceptors (Lipinski definition) is 3. The van der Waals surface area contributed by atoms with Crippen LogP contribution in [0.4, 0.5) is 4.39 Å². The molecule has 0 unspecified atom stereocenters. The number of aromatic nitrogens is 2. The molecular formula is C17H20FN3O2. The number of benzene rings is 1. The van der Waals surface area contributed by atoms with Crippen molar-refractivity contribution in [2.24, 2.45) is 7.05 Å². The molecule has 1 aromatic heterocycles. The van der Waals surface area contributed by atoms with Crippen LogP contribution >= 0.6 is 0 Å². The van der Waals surface area contributed by atoms with Crippen molar-refractivity contribution in [2.75, 3.05) is 0 Å². The lowest BCUT2D eigenvalue weighted by molar-refractivity contribution is -0.134. The van der Waals surface area contributed by atoms with Crippen molar-refractivity contribution < 1.29 is 14.0 Å². The summed E-state index contributed by atoms with van der Waals surface area (Å²) in [5.41, 5.74) is 1.97. The quantitative estimate of drug-likeness (QED) is 0.822. The second kappa shape index (κ2) is 5.15. The molecule has 0 radical (unpaired) electrons. The molecule has 1 aliphatic rings. The predicted molar refractivity (Wildman–Crippen MR) is 84.5 cm³/mol. The molecule has 1 fully saturated rings. The molecule has 1 atom stereocenters. The summed E-state index contributed by atoms with van der Waals surface area (Å²) in [4.78, 5) is 23.5. The minimum Gasteiger partial charge on any atom is -0.296 e. The third-order valence-corrected chi connectivity index (χ3v) is 4.31. The van der Waals surface area contributed by atoms with Crippen LogP contribution in [0, 0.1) is 5.82 Å². The molecule has 0 saturated carbocycles. The normalized spacial score (nSPS) is 19.3. The van der Waals surface area contributed by atoms with Gasteiger partial charge in [-0.05, 0) is 29.5 Å². The van der Waals surface area contributed by atoms with E-state index in [0.29, 0.717) is 17.5 Å². The Balaban J connectivity index is 2.22. The van der Waals surface area contributed by atoms with E-state index in [1.807, 2.05) is 20.8 Å². The summed E-state index contributed by atoms with van der Waals surface area (Å²) in [5.74, 6) is -1.49. The smallest absolute Gasteiger partial charge is 0.235 e. The van der Waals surface area contributed by atoms with E-state index in [1.165, 1.54) is 12.1 Å². The van der Waals surface area contributed by atoms with E-state index in [9.17, 15) is 14.0 Å². The monoisotopic (exact) mass is 317 g/mol. The third kappa shape index (κ3) is 2.62. The molecule has 1 aromatic carbocycles. The lowest BCUT2D eigenvalue weighted by Crippen LogP contribution is -2.39. The van der Waals surface area contributed by atoms with Crippen LogP contribution in [0.5, 0.6) is 0 Å². The molecule has 23 heavy (non-hydrogen) atoms. The maximum absolute atomic E-state index is 14.2. The van der Waals surface area contributed by atoms with Crippen LogP contribution in [-0.2, 0) is 22.1 Å². The molecule has 1 saturated heterocycles. The van der Waals surface area contributed by atoms with Crippen molar-refractivity contribution in [3.8, 4) is 0 Å². The van der Waals surface area contributed by atoms with Crippen molar-refractivity contribution in [3.05, 3.63) is 29.2 Å². The summed E-state index contributed by atoms with van der Waals surface area (Å²) >= 11 is 0. The Labute approximate surface area is 133 Å². The fraction of sp³-hybridized carbons (Fsp3) is 0.471. The van der Waals surface area contributed by atoms with Crippen LogP contribution in [0.1, 0.15) is 50.8 Å². The zero-order valence-corrected chi connectivity index (χ0v) is 13.7.